The van der Waals surface area contributed by atoms with Gasteiger partial charge in [-0.05, 0) is 50.3 Å². The van der Waals surface area contributed by atoms with Gasteiger partial charge in [0.2, 0.25) is 0 Å². The van der Waals surface area contributed by atoms with Crippen LogP contribution in [0, 0.1) is 5.92 Å². The Morgan fingerprint density at radius 1 is 1.17 bits per heavy atom. The number of hydrogen-bond donors (Lipinski definition) is 0. The van der Waals surface area contributed by atoms with Crippen LogP contribution in [-0.4, -0.2) is 20.5 Å². The second-order valence-corrected chi connectivity index (χ2v) is 6.75. The first-order valence-electron chi connectivity index (χ1n) is 9.01. The van der Waals surface area contributed by atoms with E-state index in [1.54, 1.807) is 14.2 Å². The summed E-state index contributed by atoms with van der Waals surface area (Å²) in [5.74, 6) is 1.69. The summed E-state index contributed by atoms with van der Waals surface area (Å²) >= 11 is 0. The summed E-state index contributed by atoms with van der Waals surface area (Å²) in [6, 6.07) is 4.24. The predicted octanol–water partition coefficient (Wildman–Crippen LogP) is 5.08. The van der Waals surface area contributed by atoms with Crippen molar-refractivity contribution in [1.29, 1.82) is 0 Å². The normalized spacial score (nSPS) is 20.4. The highest BCUT2D eigenvalue weighted by atomic mass is 16.5. The lowest BCUT2D eigenvalue weighted by Crippen LogP contribution is -2.18. The van der Waals surface area contributed by atoms with Crippen LogP contribution in [0.2, 0.25) is 0 Å². The fourth-order valence-electron chi connectivity index (χ4n) is 3.58. The molecule has 2 rings (SSSR count). The number of rotatable bonds is 8. The molecule has 3 nitrogen and oxygen atoms in total. The van der Waals surface area contributed by atoms with E-state index in [0.717, 1.165) is 42.6 Å². The molecule has 3 heteroatoms. The molecule has 0 heterocycles. The summed E-state index contributed by atoms with van der Waals surface area (Å²) in [6.07, 6.45) is 9.80. The third kappa shape index (κ3) is 4.19. The van der Waals surface area contributed by atoms with Crippen LogP contribution in [0.5, 0.6) is 11.5 Å². The minimum atomic E-state index is -0.0116. The maximum absolute atomic E-state index is 11.6. The fourth-order valence-corrected chi connectivity index (χ4v) is 3.58. The van der Waals surface area contributed by atoms with Crippen molar-refractivity contribution >= 4 is 6.29 Å². The number of carbonyl (C=O) groups is 1. The molecular weight excluding hydrogens is 300 g/mol. The maximum atomic E-state index is 11.6. The second-order valence-electron chi connectivity index (χ2n) is 6.75. The van der Waals surface area contributed by atoms with Crippen molar-refractivity contribution in [3.05, 3.63) is 34.9 Å². The maximum Gasteiger partial charge on any atom is 0.126 e. The number of hydrogen-bond acceptors (Lipinski definition) is 3. The van der Waals surface area contributed by atoms with E-state index in [1.807, 2.05) is 0 Å². The quantitative estimate of drug-likeness (QED) is 0.379. The molecular formula is C21H30O3. The zero-order valence-corrected chi connectivity index (χ0v) is 15.4. The van der Waals surface area contributed by atoms with Gasteiger partial charge in [-0.3, -0.25) is 0 Å². The molecule has 132 valence electrons. The van der Waals surface area contributed by atoms with Crippen molar-refractivity contribution in [1.82, 2.24) is 0 Å². The predicted molar refractivity (Wildman–Crippen MR) is 98.1 cm³/mol. The van der Waals surface area contributed by atoms with Gasteiger partial charge in [-0.15, -0.1) is 0 Å². The fraction of sp³-hybridized carbons (Fsp3) is 0.571. The lowest BCUT2D eigenvalue weighted by molar-refractivity contribution is -0.111. The monoisotopic (exact) mass is 330 g/mol. The first-order valence-corrected chi connectivity index (χ1v) is 9.01. The molecule has 0 amide bonds. The van der Waals surface area contributed by atoms with Crippen molar-refractivity contribution in [3.63, 3.8) is 0 Å². The number of ether oxygens (including phenoxy) is 2. The Hall–Kier alpha value is -1.77. The van der Waals surface area contributed by atoms with Crippen molar-refractivity contribution < 1.29 is 14.3 Å². The minimum Gasteiger partial charge on any atom is -0.496 e. The Morgan fingerprint density at radius 3 is 2.38 bits per heavy atom. The van der Waals surface area contributed by atoms with Crippen LogP contribution in [0.3, 0.4) is 0 Å². The van der Waals surface area contributed by atoms with E-state index >= 15 is 0 Å². The first kappa shape index (κ1) is 18.6. The van der Waals surface area contributed by atoms with Gasteiger partial charge in [0.05, 0.1) is 14.2 Å². The molecule has 0 bridgehead atoms. The highest BCUT2D eigenvalue weighted by Crippen LogP contribution is 2.44. The lowest BCUT2D eigenvalue weighted by Gasteiger charge is -2.29. The zero-order valence-electron chi connectivity index (χ0n) is 15.4. The number of benzene rings is 1. The molecule has 1 aliphatic rings. The topological polar surface area (TPSA) is 35.5 Å². The molecule has 2 atom stereocenters. The molecule has 0 aromatic heterocycles. The number of aryl methyl sites for hydroxylation is 1. The van der Waals surface area contributed by atoms with Crippen LogP contribution in [0.15, 0.2) is 23.8 Å². The van der Waals surface area contributed by atoms with Gasteiger partial charge >= 0.3 is 0 Å². The Balaban J connectivity index is 2.43. The van der Waals surface area contributed by atoms with E-state index in [9.17, 15) is 4.79 Å². The van der Waals surface area contributed by atoms with Gasteiger partial charge in [-0.1, -0.05) is 31.4 Å². The summed E-state index contributed by atoms with van der Waals surface area (Å²) in [6.45, 7) is 4.34. The van der Waals surface area contributed by atoms with Gasteiger partial charge in [0.1, 0.15) is 17.8 Å². The van der Waals surface area contributed by atoms with Gasteiger partial charge in [0.25, 0.3) is 0 Å². The van der Waals surface area contributed by atoms with Crippen LogP contribution in [0.25, 0.3) is 0 Å². The van der Waals surface area contributed by atoms with Crippen LogP contribution in [0.4, 0.5) is 0 Å². The van der Waals surface area contributed by atoms with Gasteiger partial charge in [0.15, 0.2) is 0 Å². The smallest absolute Gasteiger partial charge is 0.126 e. The molecule has 0 saturated carbocycles. The van der Waals surface area contributed by atoms with E-state index in [1.165, 1.54) is 30.4 Å². The Kier molecular flexibility index (Phi) is 6.89. The summed E-state index contributed by atoms with van der Waals surface area (Å²) in [4.78, 5) is 11.6. The number of aldehydes is 1. The SMILES string of the molecule is CCCCCc1cc(OC)c([C@@H]2C=C(C)CC[C@@H]2C=O)c(OC)c1. The van der Waals surface area contributed by atoms with Gasteiger partial charge in [-0.25, -0.2) is 0 Å². The highest BCUT2D eigenvalue weighted by Gasteiger charge is 2.30. The van der Waals surface area contributed by atoms with Crippen LogP contribution in [0.1, 0.15) is 63.0 Å². The van der Waals surface area contributed by atoms with Crippen molar-refractivity contribution in [2.45, 2.75) is 58.3 Å². The van der Waals surface area contributed by atoms with Gasteiger partial charge < -0.3 is 14.3 Å². The van der Waals surface area contributed by atoms with Crippen LogP contribution in [-0.2, 0) is 11.2 Å². The van der Waals surface area contributed by atoms with Crippen molar-refractivity contribution in [2.75, 3.05) is 14.2 Å². The lowest BCUT2D eigenvalue weighted by atomic mass is 9.77. The standard InChI is InChI=1S/C21H30O3/c1-5-6-7-8-16-12-19(23-3)21(20(13-16)24-4)18-11-15(2)9-10-17(18)14-22/h11-14,17-18H,5-10H2,1-4H3/t17-,18-/m1/s1. The molecule has 1 aromatic carbocycles. The van der Waals surface area contributed by atoms with Crippen LogP contribution >= 0.6 is 0 Å². The second kappa shape index (κ2) is 8.91. The van der Waals surface area contributed by atoms with E-state index in [2.05, 4.69) is 32.1 Å². The van der Waals surface area contributed by atoms with Gasteiger partial charge in [0, 0.05) is 17.4 Å². The molecule has 1 aromatic rings. The molecule has 0 saturated heterocycles. The molecule has 0 fully saturated rings. The zero-order chi connectivity index (χ0) is 17.5. The van der Waals surface area contributed by atoms with E-state index in [4.69, 9.17) is 9.47 Å². The largest absolute Gasteiger partial charge is 0.496 e. The highest BCUT2D eigenvalue weighted by molar-refractivity contribution is 5.62. The summed E-state index contributed by atoms with van der Waals surface area (Å²) in [7, 11) is 3.40. The molecule has 1 aliphatic carbocycles. The summed E-state index contributed by atoms with van der Waals surface area (Å²) in [5.41, 5.74) is 3.57. The van der Waals surface area contributed by atoms with Crippen molar-refractivity contribution in [3.8, 4) is 11.5 Å². The molecule has 24 heavy (non-hydrogen) atoms. The Bertz CT molecular complexity index is 564. The number of unbranched alkanes of at least 4 members (excludes halogenated alkanes) is 2. The van der Waals surface area contributed by atoms with Crippen LogP contribution < -0.4 is 9.47 Å². The molecule has 0 spiro atoms. The van der Waals surface area contributed by atoms with Crippen molar-refractivity contribution in [2.24, 2.45) is 5.92 Å². The number of methoxy groups -OCH3 is 2. The average molecular weight is 330 g/mol. The molecule has 0 aliphatic heterocycles. The third-order valence-electron chi connectivity index (χ3n) is 4.98. The Labute approximate surface area is 146 Å². The average Bonchev–Trinajstić information content (AvgIpc) is 2.61. The van der Waals surface area contributed by atoms with E-state index < -0.39 is 0 Å². The third-order valence-corrected chi connectivity index (χ3v) is 4.98. The van der Waals surface area contributed by atoms with E-state index in [-0.39, 0.29) is 11.8 Å². The summed E-state index contributed by atoms with van der Waals surface area (Å²) in [5, 5.41) is 0. The molecule has 0 unspecified atom stereocenters. The summed E-state index contributed by atoms with van der Waals surface area (Å²) < 4.78 is 11.4. The molecule has 0 N–H and O–H groups in total. The minimum absolute atomic E-state index is 0.0116. The van der Waals surface area contributed by atoms with Gasteiger partial charge in [-0.2, -0.15) is 0 Å². The Morgan fingerprint density at radius 2 is 1.83 bits per heavy atom. The first-order chi connectivity index (χ1) is 11.6. The van der Waals surface area contributed by atoms with E-state index in [0.29, 0.717) is 0 Å². The molecule has 0 radical (unpaired) electrons. The number of carbonyl (C=O) groups excluding carboxylic acids is 1. The number of allylic oxidation sites excluding steroid dienone is 2.